The maximum Gasteiger partial charge on any atom is 0.310 e. The molecule has 5 heteroatoms. The van der Waals surface area contributed by atoms with Crippen LogP contribution in [0.15, 0.2) is 6.20 Å². The zero-order valence-electron chi connectivity index (χ0n) is 10.3. The van der Waals surface area contributed by atoms with Crippen molar-refractivity contribution in [3.8, 4) is 0 Å². The summed E-state index contributed by atoms with van der Waals surface area (Å²) in [5, 5.41) is 13.7. The molecule has 1 saturated carbocycles. The number of aryl methyl sites for hydroxylation is 2. The second-order valence-corrected chi connectivity index (χ2v) is 4.94. The zero-order chi connectivity index (χ0) is 12.6. The second-order valence-electron chi connectivity index (χ2n) is 4.94. The number of carbonyl (C=O) groups is 1. The Bertz CT molecular complexity index is 415. The van der Waals surface area contributed by atoms with Gasteiger partial charge in [-0.1, -0.05) is 6.42 Å². The summed E-state index contributed by atoms with van der Waals surface area (Å²) in [6.45, 7) is 2.31. The van der Waals surface area contributed by atoms with Crippen molar-refractivity contribution in [3.63, 3.8) is 0 Å². The van der Waals surface area contributed by atoms with E-state index in [9.17, 15) is 9.90 Å². The summed E-state index contributed by atoms with van der Waals surface area (Å²) in [5.74, 6) is -0.860. The van der Waals surface area contributed by atoms with E-state index in [2.05, 4.69) is 5.10 Å². The molecule has 5 nitrogen and oxygen atoms in total. The van der Waals surface area contributed by atoms with Crippen molar-refractivity contribution in [1.29, 1.82) is 0 Å². The van der Waals surface area contributed by atoms with Gasteiger partial charge in [0.25, 0.3) is 0 Å². The molecule has 0 aliphatic heterocycles. The summed E-state index contributed by atoms with van der Waals surface area (Å²) in [6, 6.07) is 0. The van der Waals surface area contributed by atoms with E-state index in [1.807, 2.05) is 14.0 Å². The molecular formula is C12H19N3O2. The maximum absolute atomic E-state index is 11.5. The quantitative estimate of drug-likeness (QED) is 0.819. The number of hydrogen-bond acceptors (Lipinski definition) is 3. The molecule has 0 spiro atoms. The molecule has 1 aliphatic carbocycles. The van der Waals surface area contributed by atoms with Crippen LogP contribution in [0.25, 0.3) is 0 Å². The molecule has 0 amide bonds. The van der Waals surface area contributed by atoms with Gasteiger partial charge < -0.3 is 10.8 Å². The molecule has 1 unspecified atom stereocenters. The molecule has 2 rings (SSSR count). The first-order valence-electron chi connectivity index (χ1n) is 5.95. The van der Waals surface area contributed by atoms with Gasteiger partial charge in [0, 0.05) is 25.2 Å². The number of rotatable bonds is 4. The first-order valence-corrected chi connectivity index (χ1v) is 5.95. The van der Waals surface area contributed by atoms with Crippen LogP contribution in [0.2, 0.25) is 0 Å². The number of nitrogens with zero attached hydrogens (tertiary/aromatic N) is 2. The molecule has 3 N–H and O–H groups in total. The first-order chi connectivity index (χ1) is 8.03. The Kier molecular flexibility index (Phi) is 2.95. The lowest BCUT2D eigenvalue weighted by Gasteiger charge is -2.43. The molecule has 94 valence electrons. The van der Waals surface area contributed by atoms with Crippen molar-refractivity contribution < 1.29 is 9.90 Å². The number of carboxylic acids is 1. The molecule has 1 fully saturated rings. The average molecular weight is 237 g/mol. The summed E-state index contributed by atoms with van der Waals surface area (Å²) >= 11 is 0. The van der Waals surface area contributed by atoms with Crippen LogP contribution < -0.4 is 5.73 Å². The lowest BCUT2D eigenvalue weighted by Crippen LogP contribution is -2.46. The van der Waals surface area contributed by atoms with E-state index in [0.717, 1.165) is 30.5 Å². The van der Waals surface area contributed by atoms with Crippen molar-refractivity contribution in [1.82, 2.24) is 9.78 Å². The Hall–Kier alpha value is -1.36. The minimum atomic E-state index is -0.722. The topological polar surface area (TPSA) is 81.1 Å². The van der Waals surface area contributed by atoms with Crippen LogP contribution in [0, 0.1) is 12.3 Å². The van der Waals surface area contributed by atoms with E-state index in [1.54, 1.807) is 10.9 Å². The van der Waals surface area contributed by atoms with Crippen LogP contribution >= 0.6 is 0 Å². The van der Waals surface area contributed by atoms with Crippen molar-refractivity contribution in [3.05, 3.63) is 17.5 Å². The van der Waals surface area contributed by atoms with Crippen molar-refractivity contribution >= 4 is 5.97 Å². The number of aromatic nitrogens is 2. The average Bonchev–Trinajstić information content (AvgIpc) is 2.52. The van der Waals surface area contributed by atoms with Crippen LogP contribution in [-0.2, 0) is 11.8 Å². The molecular weight excluding hydrogens is 218 g/mol. The van der Waals surface area contributed by atoms with Gasteiger partial charge in [-0.3, -0.25) is 9.48 Å². The number of aliphatic carboxylic acids is 1. The minimum Gasteiger partial charge on any atom is -0.481 e. The predicted molar refractivity (Wildman–Crippen MR) is 63.7 cm³/mol. The highest BCUT2D eigenvalue weighted by Gasteiger charge is 2.51. The molecule has 17 heavy (non-hydrogen) atoms. The highest BCUT2D eigenvalue weighted by atomic mass is 16.4. The van der Waals surface area contributed by atoms with Gasteiger partial charge in [-0.05, 0) is 25.3 Å². The first kappa shape index (κ1) is 12.1. The fourth-order valence-electron chi connectivity index (χ4n) is 2.93. The smallest absolute Gasteiger partial charge is 0.310 e. The fraction of sp³-hybridized carbons (Fsp3) is 0.667. The lowest BCUT2D eigenvalue weighted by atomic mass is 9.59. The summed E-state index contributed by atoms with van der Waals surface area (Å²) in [4.78, 5) is 11.5. The molecule has 0 radical (unpaired) electrons. The van der Waals surface area contributed by atoms with E-state index in [4.69, 9.17) is 5.73 Å². The van der Waals surface area contributed by atoms with Gasteiger partial charge in [0.05, 0.1) is 11.6 Å². The summed E-state index contributed by atoms with van der Waals surface area (Å²) in [5.41, 5.74) is 7.15. The molecule has 0 saturated heterocycles. The van der Waals surface area contributed by atoms with E-state index < -0.39 is 11.4 Å². The number of carboxylic acid groups (broad SMARTS) is 1. The van der Waals surface area contributed by atoms with Gasteiger partial charge in [-0.25, -0.2) is 0 Å². The predicted octanol–water partition coefficient (Wildman–Crippen LogP) is 1.03. The van der Waals surface area contributed by atoms with Crippen LogP contribution in [0.3, 0.4) is 0 Å². The van der Waals surface area contributed by atoms with Crippen LogP contribution in [0.5, 0.6) is 0 Å². The van der Waals surface area contributed by atoms with E-state index >= 15 is 0 Å². The van der Waals surface area contributed by atoms with Crippen LogP contribution in [-0.4, -0.2) is 27.4 Å². The third-order valence-corrected chi connectivity index (χ3v) is 4.08. The van der Waals surface area contributed by atoms with E-state index in [0.29, 0.717) is 6.54 Å². The lowest BCUT2D eigenvalue weighted by molar-refractivity contribution is -0.156. The largest absolute Gasteiger partial charge is 0.481 e. The molecule has 1 aromatic heterocycles. The Morgan fingerprint density at radius 1 is 1.71 bits per heavy atom. The van der Waals surface area contributed by atoms with E-state index in [1.165, 1.54) is 0 Å². The summed E-state index contributed by atoms with van der Waals surface area (Å²) < 4.78 is 1.76. The Morgan fingerprint density at radius 3 is 2.65 bits per heavy atom. The fourth-order valence-corrected chi connectivity index (χ4v) is 2.93. The van der Waals surface area contributed by atoms with Crippen molar-refractivity contribution in [2.75, 3.05) is 6.54 Å². The van der Waals surface area contributed by atoms with Gasteiger partial charge in [-0.2, -0.15) is 5.10 Å². The summed E-state index contributed by atoms with van der Waals surface area (Å²) in [7, 11) is 1.85. The highest BCUT2D eigenvalue weighted by Crippen LogP contribution is 2.51. The SMILES string of the molecule is Cc1cnn(C)c1C(CN)C1(C(=O)O)CCC1. The molecule has 0 bridgehead atoms. The van der Waals surface area contributed by atoms with Gasteiger partial charge in [0.15, 0.2) is 0 Å². The van der Waals surface area contributed by atoms with Gasteiger partial charge >= 0.3 is 5.97 Å². The third-order valence-electron chi connectivity index (χ3n) is 4.08. The van der Waals surface area contributed by atoms with Crippen molar-refractivity contribution in [2.45, 2.75) is 32.1 Å². The Labute approximate surface area is 101 Å². The molecule has 1 heterocycles. The summed E-state index contributed by atoms with van der Waals surface area (Å²) in [6.07, 6.45) is 4.18. The monoisotopic (exact) mass is 237 g/mol. The molecule has 1 aliphatic rings. The van der Waals surface area contributed by atoms with Gasteiger partial charge in [0.1, 0.15) is 0 Å². The number of nitrogens with two attached hydrogens (primary N) is 1. The minimum absolute atomic E-state index is 0.138. The van der Waals surface area contributed by atoms with Gasteiger partial charge in [0.2, 0.25) is 0 Å². The van der Waals surface area contributed by atoms with Crippen LogP contribution in [0.4, 0.5) is 0 Å². The highest BCUT2D eigenvalue weighted by molar-refractivity contribution is 5.77. The Morgan fingerprint density at radius 2 is 2.35 bits per heavy atom. The standard InChI is InChI=1S/C12H19N3O2/c1-8-7-14-15(2)10(8)9(6-13)12(11(16)17)4-3-5-12/h7,9H,3-6,13H2,1-2H3,(H,16,17). The van der Waals surface area contributed by atoms with Crippen LogP contribution in [0.1, 0.15) is 36.4 Å². The van der Waals surface area contributed by atoms with Crippen molar-refractivity contribution in [2.24, 2.45) is 18.2 Å². The second kappa shape index (κ2) is 4.14. The molecule has 1 aromatic rings. The van der Waals surface area contributed by atoms with E-state index in [-0.39, 0.29) is 5.92 Å². The molecule has 0 aromatic carbocycles. The Balaban J connectivity index is 2.43. The third kappa shape index (κ3) is 1.65. The number of hydrogen-bond donors (Lipinski definition) is 2. The zero-order valence-corrected chi connectivity index (χ0v) is 10.3. The van der Waals surface area contributed by atoms with Gasteiger partial charge in [-0.15, -0.1) is 0 Å². The molecule has 1 atom stereocenters. The normalized spacial score (nSPS) is 19.7. The maximum atomic E-state index is 11.5.